The number of amides is 1. The second-order valence-corrected chi connectivity index (χ2v) is 10.5. The van der Waals surface area contributed by atoms with E-state index in [4.69, 9.17) is 0 Å². The van der Waals surface area contributed by atoms with Crippen LogP contribution in [-0.4, -0.2) is 39.7 Å². The molecule has 5 nitrogen and oxygen atoms in total. The summed E-state index contributed by atoms with van der Waals surface area (Å²) in [6.07, 6.45) is 3.56. The highest BCUT2D eigenvalue weighted by molar-refractivity contribution is 7.12. The summed E-state index contributed by atoms with van der Waals surface area (Å²) in [4.78, 5) is 42.8. The highest BCUT2D eigenvalue weighted by Gasteiger charge is 2.56. The van der Waals surface area contributed by atoms with E-state index in [0.29, 0.717) is 16.0 Å². The smallest absolute Gasteiger partial charge is 0.327 e. The summed E-state index contributed by atoms with van der Waals surface area (Å²) in [6.45, 7) is 1.88. The van der Waals surface area contributed by atoms with Crippen LogP contribution >= 0.6 is 11.3 Å². The molecule has 1 aliphatic heterocycles. The fourth-order valence-electron chi connectivity index (χ4n) is 5.37. The van der Waals surface area contributed by atoms with Gasteiger partial charge in [-0.05, 0) is 47.7 Å². The molecule has 39 heavy (non-hydrogen) atoms. The summed E-state index contributed by atoms with van der Waals surface area (Å²) in [5.74, 6) is -4.29. The number of hydrogen-bond donors (Lipinski definition) is 1. The van der Waals surface area contributed by atoms with Crippen molar-refractivity contribution in [1.29, 1.82) is 0 Å². The first-order valence-corrected chi connectivity index (χ1v) is 13.4. The predicted molar refractivity (Wildman–Crippen MR) is 149 cm³/mol. The van der Waals surface area contributed by atoms with Crippen molar-refractivity contribution in [1.82, 2.24) is 4.90 Å². The van der Waals surface area contributed by atoms with Crippen molar-refractivity contribution in [2.75, 3.05) is 0 Å². The van der Waals surface area contributed by atoms with Crippen LogP contribution in [0.25, 0.3) is 6.08 Å². The zero-order chi connectivity index (χ0) is 27.5. The standard InChI is InChI=1S/C32H26FNO4S/c1-20-7-5-10-23(19-20)30(35)28-25(17-12-21-8-3-2-4-9-21)34(31(36)26-11-6-18-39-26)29(32(37)38)27(28)22-13-15-24(33)16-14-22/h2-19,25,27-29H,1H3,(H,37,38). The number of likely N-dealkylation sites (tertiary alicyclic amines) is 1. The fourth-order valence-corrected chi connectivity index (χ4v) is 6.04. The average Bonchev–Trinajstić information content (AvgIpc) is 3.59. The molecule has 4 unspecified atom stereocenters. The molecule has 7 heteroatoms. The Bertz CT molecular complexity index is 1520. The van der Waals surface area contributed by atoms with E-state index in [1.54, 1.807) is 41.8 Å². The van der Waals surface area contributed by atoms with Crippen LogP contribution < -0.4 is 0 Å². The number of hydrogen-bond acceptors (Lipinski definition) is 4. The third kappa shape index (κ3) is 5.31. The number of benzene rings is 3. The second-order valence-electron chi connectivity index (χ2n) is 9.57. The summed E-state index contributed by atoms with van der Waals surface area (Å²) in [5, 5.41) is 12.3. The van der Waals surface area contributed by atoms with Gasteiger partial charge in [-0.25, -0.2) is 9.18 Å². The van der Waals surface area contributed by atoms with Gasteiger partial charge < -0.3 is 10.0 Å². The van der Waals surface area contributed by atoms with Gasteiger partial charge in [-0.3, -0.25) is 9.59 Å². The molecule has 1 amide bonds. The van der Waals surface area contributed by atoms with Gasteiger partial charge in [0.1, 0.15) is 11.9 Å². The highest BCUT2D eigenvalue weighted by Crippen LogP contribution is 2.46. The molecular formula is C32H26FNO4S. The Morgan fingerprint density at radius 1 is 0.923 bits per heavy atom. The van der Waals surface area contributed by atoms with Gasteiger partial charge in [0.2, 0.25) is 0 Å². The summed E-state index contributed by atoms with van der Waals surface area (Å²) in [5.41, 5.74) is 2.64. The maximum atomic E-state index is 14.3. The lowest BCUT2D eigenvalue weighted by Crippen LogP contribution is -2.46. The lowest BCUT2D eigenvalue weighted by molar-refractivity contribution is -0.142. The number of carboxylic acid groups (broad SMARTS) is 1. The lowest BCUT2D eigenvalue weighted by atomic mass is 9.77. The van der Waals surface area contributed by atoms with Crippen molar-refractivity contribution in [3.63, 3.8) is 0 Å². The number of thiophene rings is 1. The molecule has 1 N–H and O–H groups in total. The van der Waals surface area contributed by atoms with Gasteiger partial charge >= 0.3 is 5.97 Å². The minimum atomic E-state index is -1.35. The largest absolute Gasteiger partial charge is 0.480 e. The van der Waals surface area contributed by atoms with Crippen molar-refractivity contribution in [3.8, 4) is 0 Å². The van der Waals surface area contributed by atoms with Crippen molar-refractivity contribution >= 4 is 35.1 Å². The van der Waals surface area contributed by atoms with Crippen molar-refractivity contribution in [2.45, 2.75) is 24.9 Å². The van der Waals surface area contributed by atoms with Gasteiger partial charge in [-0.2, -0.15) is 0 Å². The monoisotopic (exact) mass is 539 g/mol. The SMILES string of the molecule is Cc1cccc(C(=O)C2C(c3ccc(F)cc3)C(C(=O)O)N(C(=O)c3cccs3)C2C=Cc2ccccc2)c1. The molecule has 3 aromatic carbocycles. The van der Waals surface area contributed by atoms with Crippen molar-refractivity contribution < 1.29 is 23.9 Å². The second kappa shape index (κ2) is 11.2. The molecule has 0 bridgehead atoms. The van der Waals surface area contributed by atoms with Crippen molar-refractivity contribution in [3.05, 3.63) is 135 Å². The van der Waals surface area contributed by atoms with Crippen LogP contribution in [0, 0.1) is 18.7 Å². The molecule has 4 atom stereocenters. The van der Waals surface area contributed by atoms with Gasteiger partial charge in [0.25, 0.3) is 5.91 Å². The Balaban J connectivity index is 1.72. The number of ketones is 1. The number of carboxylic acids is 1. The molecule has 2 heterocycles. The van der Waals surface area contributed by atoms with Crippen LogP contribution in [0.2, 0.25) is 0 Å². The predicted octanol–water partition coefficient (Wildman–Crippen LogP) is 6.47. The Morgan fingerprint density at radius 3 is 2.31 bits per heavy atom. The minimum absolute atomic E-state index is 0.275. The molecule has 1 aliphatic rings. The Morgan fingerprint density at radius 2 is 1.67 bits per heavy atom. The Kier molecular flexibility index (Phi) is 7.52. The quantitative estimate of drug-likeness (QED) is 0.273. The zero-order valence-electron chi connectivity index (χ0n) is 21.1. The molecule has 0 radical (unpaired) electrons. The van der Waals surface area contributed by atoms with Gasteiger partial charge in [0, 0.05) is 11.5 Å². The molecular weight excluding hydrogens is 513 g/mol. The van der Waals surface area contributed by atoms with E-state index >= 15 is 0 Å². The van der Waals surface area contributed by atoms with E-state index in [-0.39, 0.29) is 5.78 Å². The van der Waals surface area contributed by atoms with Crippen LogP contribution in [0.3, 0.4) is 0 Å². The Hall–Kier alpha value is -4.36. The third-order valence-electron chi connectivity index (χ3n) is 7.08. The molecule has 0 aliphatic carbocycles. The molecule has 196 valence electrons. The number of aryl methyl sites for hydroxylation is 1. The molecule has 5 rings (SSSR count). The molecule has 1 fully saturated rings. The van der Waals surface area contributed by atoms with Gasteiger partial charge in [0.15, 0.2) is 5.78 Å². The number of carbonyl (C=O) groups is 3. The number of halogens is 1. The van der Waals surface area contributed by atoms with Crippen LogP contribution in [0.5, 0.6) is 0 Å². The van der Waals surface area contributed by atoms with Crippen LogP contribution in [-0.2, 0) is 4.79 Å². The number of nitrogens with zero attached hydrogens (tertiary/aromatic N) is 1. The molecule has 4 aromatic rings. The summed E-state index contributed by atoms with van der Waals surface area (Å²) >= 11 is 1.21. The van der Waals surface area contributed by atoms with Gasteiger partial charge in [0.05, 0.1) is 16.8 Å². The maximum absolute atomic E-state index is 14.3. The normalized spacial score (nSPS) is 20.8. The van der Waals surface area contributed by atoms with Gasteiger partial charge in [-0.1, -0.05) is 84.4 Å². The molecule has 1 aromatic heterocycles. The number of Topliss-reactive ketones (excluding diaryl/α,β-unsaturated/α-hetero) is 1. The summed E-state index contributed by atoms with van der Waals surface area (Å²) < 4.78 is 13.9. The van der Waals surface area contributed by atoms with Crippen LogP contribution in [0.1, 0.15) is 42.6 Å². The van der Waals surface area contributed by atoms with E-state index in [1.165, 1.54) is 40.5 Å². The highest BCUT2D eigenvalue weighted by atomic mass is 32.1. The summed E-state index contributed by atoms with van der Waals surface area (Å²) in [6, 6.07) is 23.2. The average molecular weight is 540 g/mol. The number of aliphatic carboxylic acids is 1. The first-order valence-electron chi connectivity index (χ1n) is 12.5. The minimum Gasteiger partial charge on any atom is -0.480 e. The molecule has 1 saturated heterocycles. The third-order valence-corrected chi connectivity index (χ3v) is 7.94. The van der Waals surface area contributed by atoms with E-state index in [0.717, 1.165) is 11.1 Å². The lowest BCUT2D eigenvalue weighted by Gasteiger charge is -2.27. The fraction of sp³-hybridized carbons (Fsp3) is 0.156. The number of rotatable bonds is 7. The molecule has 0 saturated carbocycles. The number of carbonyl (C=O) groups excluding carboxylic acids is 2. The van der Waals surface area contributed by atoms with Crippen LogP contribution in [0.4, 0.5) is 4.39 Å². The van der Waals surface area contributed by atoms with Gasteiger partial charge in [-0.15, -0.1) is 11.3 Å². The van der Waals surface area contributed by atoms with E-state index in [1.807, 2.05) is 49.4 Å². The first kappa shape index (κ1) is 26.3. The first-order chi connectivity index (χ1) is 18.8. The van der Waals surface area contributed by atoms with E-state index in [2.05, 4.69) is 0 Å². The van der Waals surface area contributed by atoms with Crippen molar-refractivity contribution in [2.24, 2.45) is 5.92 Å². The molecule has 0 spiro atoms. The zero-order valence-corrected chi connectivity index (χ0v) is 21.9. The summed E-state index contributed by atoms with van der Waals surface area (Å²) in [7, 11) is 0. The van der Waals surface area contributed by atoms with Crippen LogP contribution in [0.15, 0.2) is 102 Å². The Labute approximate surface area is 229 Å². The van der Waals surface area contributed by atoms with E-state index < -0.39 is 41.6 Å². The maximum Gasteiger partial charge on any atom is 0.327 e. The van der Waals surface area contributed by atoms with E-state index in [9.17, 15) is 23.9 Å². The topological polar surface area (TPSA) is 74.7 Å².